The number of benzene rings is 1. The van der Waals surface area contributed by atoms with Crippen LogP contribution in [-0.4, -0.2) is 62.0 Å². The van der Waals surface area contributed by atoms with Gasteiger partial charge in [0.15, 0.2) is 5.78 Å². The van der Waals surface area contributed by atoms with Crippen LogP contribution in [-0.2, 0) is 0 Å². The van der Waals surface area contributed by atoms with Crippen molar-refractivity contribution in [2.75, 3.05) is 46.4 Å². The lowest BCUT2D eigenvalue weighted by molar-refractivity contribution is 0.0872. The highest BCUT2D eigenvalue weighted by molar-refractivity contribution is 6.31. The van der Waals surface area contributed by atoms with Crippen LogP contribution in [0.3, 0.4) is 0 Å². The summed E-state index contributed by atoms with van der Waals surface area (Å²) >= 11 is 6.03. The van der Waals surface area contributed by atoms with Crippen molar-refractivity contribution in [3.8, 4) is 5.75 Å². The van der Waals surface area contributed by atoms with Crippen LogP contribution < -0.4 is 4.74 Å². The van der Waals surface area contributed by atoms with Crippen molar-refractivity contribution < 1.29 is 9.53 Å². The van der Waals surface area contributed by atoms with E-state index in [0.717, 1.165) is 32.6 Å². The topological polar surface area (TPSA) is 32.8 Å². The van der Waals surface area contributed by atoms with Crippen molar-refractivity contribution >= 4 is 17.4 Å². The highest BCUT2D eigenvalue weighted by Crippen LogP contribution is 2.24. The molecule has 0 amide bonds. The van der Waals surface area contributed by atoms with Gasteiger partial charge in [0.2, 0.25) is 0 Å². The fraction of sp³-hybridized carbons (Fsp3) is 0.562. The highest BCUT2D eigenvalue weighted by Gasteiger charge is 2.20. The Morgan fingerprint density at radius 1 is 1.29 bits per heavy atom. The number of hydrogen-bond acceptors (Lipinski definition) is 4. The summed E-state index contributed by atoms with van der Waals surface area (Å²) in [6, 6.07) is 5.26. The van der Waals surface area contributed by atoms with Crippen LogP contribution in [0.5, 0.6) is 5.75 Å². The molecule has 1 saturated heterocycles. The lowest BCUT2D eigenvalue weighted by Crippen LogP contribution is -2.46. The Bertz CT molecular complexity index is 485. The fourth-order valence-electron chi connectivity index (χ4n) is 2.35. The Morgan fingerprint density at radius 3 is 2.67 bits per heavy atom. The Morgan fingerprint density at radius 2 is 2.00 bits per heavy atom. The summed E-state index contributed by atoms with van der Waals surface area (Å²) in [7, 11) is 2.10. The molecule has 0 atom stereocenters. The number of hydrogen-bond donors (Lipinski definition) is 0. The van der Waals surface area contributed by atoms with E-state index in [2.05, 4.69) is 16.8 Å². The molecular formula is C16H23ClN2O2. The molecule has 0 spiro atoms. The van der Waals surface area contributed by atoms with Crippen molar-refractivity contribution in [1.82, 2.24) is 9.80 Å². The second-order valence-corrected chi connectivity index (χ2v) is 5.93. The molecule has 1 heterocycles. The smallest absolute Gasteiger partial charge is 0.180 e. The van der Waals surface area contributed by atoms with Gasteiger partial charge in [-0.1, -0.05) is 18.5 Å². The molecule has 0 N–H and O–H groups in total. The van der Waals surface area contributed by atoms with E-state index >= 15 is 0 Å². The Labute approximate surface area is 131 Å². The van der Waals surface area contributed by atoms with Gasteiger partial charge in [-0.2, -0.15) is 0 Å². The summed E-state index contributed by atoms with van der Waals surface area (Å²) in [5.41, 5.74) is 0.592. The normalized spacial score (nSPS) is 16.9. The third-order valence-corrected chi connectivity index (χ3v) is 3.90. The van der Waals surface area contributed by atoms with Crippen molar-refractivity contribution in [3.05, 3.63) is 28.8 Å². The predicted octanol–water partition coefficient (Wildman–Crippen LogP) is 2.56. The van der Waals surface area contributed by atoms with E-state index in [9.17, 15) is 4.79 Å². The zero-order chi connectivity index (χ0) is 15.2. The predicted molar refractivity (Wildman–Crippen MR) is 85.5 cm³/mol. The Kier molecular flexibility index (Phi) is 6.03. The first-order valence-electron chi connectivity index (χ1n) is 7.46. The Hall–Kier alpha value is -1.10. The number of likely N-dealkylation sites (N-methyl/N-ethyl adjacent to an activating group) is 1. The molecule has 0 saturated carbocycles. The second-order valence-electron chi connectivity index (χ2n) is 5.49. The lowest BCUT2D eigenvalue weighted by Gasteiger charge is -2.31. The van der Waals surface area contributed by atoms with Gasteiger partial charge in [-0.05, 0) is 31.7 Å². The average Bonchev–Trinajstić information content (AvgIpc) is 2.48. The van der Waals surface area contributed by atoms with Gasteiger partial charge in [-0.3, -0.25) is 9.69 Å². The molecule has 0 aliphatic carbocycles. The maximum absolute atomic E-state index is 12.5. The van der Waals surface area contributed by atoms with Crippen molar-refractivity contribution in [1.29, 1.82) is 0 Å². The van der Waals surface area contributed by atoms with Gasteiger partial charge in [0, 0.05) is 31.2 Å². The van der Waals surface area contributed by atoms with E-state index in [4.69, 9.17) is 16.3 Å². The second kappa shape index (κ2) is 7.78. The minimum absolute atomic E-state index is 0.0770. The third kappa shape index (κ3) is 4.70. The molecule has 4 nitrogen and oxygen atoms in total. The number of piperazine rings is 1. The van der Waals surface area contributed by atoms with Crippen LogP contribution in [0.4, 0.5) is 0 Å². The summed E-state index contributed by atoms with van der Waals surface area (Å²) < 4.78 is 5.66. The molecule has 1 aliphatic heterocycles. The molecule has 5 heteroatoms. The summed E-state index contributed by atoms with van der Waals surface area (Å²) in [5, 5.41) is 0.570. The van der Waals surface area contributed by atoms with E-state index in [0.29, 0.717) is 29.5 Å². The van der Waals surface area contributed by atoms with Gasteiger partial charge in [-0.15, -0.1) is 0 Å². The van der Waals surface area contributed by atoms with Crippen LogP contribution in [0.25, 0.3) is 0 Å². The third-order valence-electron chi connectivity index (χ3n) is 3.67. The number of Topliss-reactive ketones (excluding diaryl/α,β-unsaturated/α-hetero) is 1. The van der Waals surface area contributed by atoms with Gasteiger partial charge in [0.25, 0.3) is 0 Å². The number of rotatable bonds is 6. The standard InChI is InChI=1S/C16H23ClN2O2/c1-3-10-21-16-5-4-13(17)11-14(16)15(20)12-19-8-6-18(2)7-9-19/h4-5,11H,3,6-10,12H2,1-2H3. The minimum Gasteiger partial charge on any atom is -0.493 e. The van der Waals surface area contributed by atoms with Crippen LogP contribution in [0.2, 0.25) is 5.02 Å². The molecule has 0 unspecified atom stereocenters. The molecular weight excluding hydrogens is 288 g/mol. The van der Waals surface area contributed by atoms with Gasteiger partial charge in [-0.25, -0.2) is 0 Å². The monoisotopic (exact) mass is 310 g/mol. The first-order valence-corrected chi connectivity index (χ1v) is 7.84. The lowest BCUT2D eigenvalue weighted by atomic mass is 10.1. The van der Waals surface area contributed by atoms with Gasteiger partial charge in [0.05, 0.1) is 18.7 Å². The molecule has 1 aromatic carbocycles. The SMILES string of the molecule is CCCOc1ccc(Cl)cc1C(=O)CN1CCN(C)CC1. The summed E-state index contributed by atoms with van der Waals surface area (Å²) in [6.07, 6.45) is 0.911. The van der Waals surface area contributed by atoms with Gasteiger partial charge < -0.3 is 9.64 Å². The maximum atomic E-state index is 12.5. The van der Waals surface area contributed by atoms with Crippen LogP contribution >= 0.6 is 11.6 Å². The number of ether oxygens (including phenoxy) is 1. The van der Waals surface area contributed by atoms with Crippen molar-refractivity contribution in [3.63, 3.8) is 0 Å². The minimum atomic E-state index is 0.0770. The molecule has 0 aromatic heterocycles. The van der Waals surface area contributed by atoms with E-state index in [1.807, 2.05) is 6.92 Å². The van der Waals surface area contributed by atoms with Crippen molar-refractivity contribution in [2.24, 2.45) is 0 Å². The number of ketones is 1. The van der Waals surface area contributed by atoms with Crippen LogP contribution in [0, 0.1) is 0 Å². The summed E-state index contributed by atoms with van der Waals surface area (Å²) in [5.74, 6) is 0.716. The van der Waals surface area contributed by atoms with E-state index < -0.39 is 0 Å². The average molecular weight is 311 g/mol. The van der Waals surface area contributed by atoms with Crippen molar-refractivity contribution in [2.45, 2.75) is 13.3 Å². The van der Waals surface area contributed by atoms with Crippen LogP contribution in [0.1, 0.15) is 23.7 Å². The zero-order valence-corrected chi connectivity index (χ0v) is 13.5. The maximum Gasteiger partial charge on any atom is 0.180 e. The Balaban J connectivity index is 2.05. The van der Waals surface area contributed by atoms with Gasteiger partial charge in [0.1, 0.15) is 5.75 Å². The molecule has 1 aliphatic rings. The van der Waals surface area contributed by atoms with E-state index in [1.54, 1.807) is 18.2 Å². The molecule has 1 aromatic rings. The number of carbonyl (C=O) groups is 1. The largest absolute Gasteiger partial charge is 0.493 e. The summed E-state index contributed by atoms with van der Waals surface area (Å²) in [6.45, 7) is 6.93. The van der Waals surface area contributed by atoms with Gasteiger partial charge >= 0.3 is 0 Å². The molecule has 1 fully saturated rings. The first kappa shape index (κ1) is 16.3. The number of nitrogens with zero attached hydrogens (tertiary/aromatic N) is 2. The van der Waals surface area contributed by atoms with Crippen LogP contribution in [0.15, 0.2) is 18.2 Å². The quantitative estimate of drug-likeness (QED) is 0.756. The molecule has 2 rings (SSSR count). The highest BCUT2D eigenvalue weighted by atomic mass is 35.5. The molecule has 0 radical (unpaired) electrons. The molecule has 21 heavy (non-hydrogen) atoms. The van der Waals surface area contributed by atoms with E-state index in [-0.39, 0.29) is 5.78 Å². The zero-order valence-electron chi connectivity index (χ0n) is 12.8. The fourth-order valence-corrected chi connectivity index (χ4v) is 2.52. The van der Waals surface area contributed by atoms with E-state index in [1.165, 1.54) is 0 Å². The molecule has 0 bridgehead atoms. The summed E-state index contributed by atoms with van der Waals surface area (Å²) in [4.78, 5) is 17.0. The first-order chi connectivity index (χ1) is 10.1. The molecule has 116 valence electrons. The number of carbonyl (C=O) groups excluding carboxylic acids is 1. The number of halogens is 1.